The molecule has 36 heavy (non-hydrogen) atoms. The van der Waals surface area contributed by atoms with E-state index in [-0.39, 0.29) is 24.0 Å². The van der Waals surface area contributed by atoms with Crippen LogP contribution in [0.25, 0.3) is 0 Å². The summed E-state index contributed by atoms with van der Waals surface area (Å²) in [5, 5.41) is 22.2. The largest absolute Gasteiger partial charge is 0.497 e. The summed E-state index contributed by atoms with van der Waals surface area (Å²) in [6.45, 7) is 5.05. The Kier molecular flexibility index (Phi) is 10.7. The van der Waals surface area contributed by atoms with Crippen molar-refractivity contribution in [3.05, 3.63) is 24.3 Å². The number of nitrogens with one attached hydrogen (secondary N) is 2. The molecule has 0 aromatic heterocycles. The van der Waals surface area contributed by atoms with E-state index in [4.69, 9.17) is 4.74 Å². The standard InChI is InChI=1S/C25H41N3O7S/c1-25(2,3)22(16-29)26-23(30)20(14-17-8-6-7-9-17)21(24(31)27-32)15-28(4)36(33,34)19-12-10-18(35-5)11-13-19/h10-13,17,20-22,29,32H,6-9,14-16H2,1-5H3,(H,26,30)(H,27,31)/t20-,21+,22-/m1/s1. The molecule has 0 saturated heterocycles. The molecule has 1 aromatic rings. The molecule has 0 spiro atoms. The lowest BCUT2D eigenvalue weighted by molar-refractivity contribution is -0.141. The van der Waals surface area contributed by atoms with Gasteiger partial charge in [0, 0.05) is 13.6 Å². The number of sulfonamides is 1. The molecule has 204 valence electrons. The third-order valence-corrected chi connectivity index (χ3v) is 8.93. The predicted octanol–water partition coefficient (Wildman–Crippen LogP) is 2.16. The highest BCUT2D eigenvalue weighted by Gasteiger charge is 2.40. The van der Waals surface area contributed by atoms with E-state index in [1.807, 2.05) is 20.8 Å². The molecule has 1 aliphatic carbocycles. The smallest absolute Gasteiger partial charge is 0.248 e. The molecule has 10 nitrogen and oxygen atoms in total. The zero-order valence-corrected chi connectivity index (χ0v) is 22.7. The second-order valence-corrected chi connectivity index (χ2v) is 12.7. The van der Waals surface area contributed by atoms with Crippen molar-refractivity contribution in [2.24, 2.45) is 23.2 Å². The van der Waals surface area contributed by atoms with Crippen molar-refractivity contribution < 1.29 is 33.1 Å². The van der Waals surface area contributed by atoms with Crippen LogP contribution < -0.4 is 15.5 Å². The van der Waals surface area contributed by atoms with Gasteiger partial charge in [0.25, 0.3) is 0 Å². The first-order valence-corrected chi connectivity index (χ1v) is 13.7. The Morgan fingerprint density at radius 3 is 2.17 bits per heavy atom. The fourth-order valence-electron chi connectivity index (χ4n) is 4.65. The Balaban J connectivity index is 2.37. The van der Waals surface area contributed by atoms with E-state index in [1.165, 1.54) is 38.4 Å². The number of nitrogens with zero attached hydrogens (tertiary/aromatic N) is 1. The number of carbonyl (C=O) groups excluding carboxylic acids is 2. The second-order valence-electron chi connectivity index (χ2n) is 10.6. The van der Waals surface area contributed by atoms with Crippen LogP contribution in [0.5, 0.6) is 5.75 Å². The van der Waals surface area contributed by atoms with Crippen LogP contribution in [0.4, 0.5) is 0 Å². The lowest BCUT2D eigenvalue weighted by atomic mass is 9.81. The zero-order chi connectivity index (χ0) is 27.1. The van der Waals surface area contributed by atoms with Gasteiger partial charge in [-0.2, -0.15) is 0 Å². The topological polar surface area (TPSA) is 145 Å². The number of amides is 2. The van der Waals surface area contributed by atoms with Crippen molar-refractivity contribution in [1.29, 1.82) is 0 Å². The number of hydrogen-bond acceptors (Lipinski definition) is 7. The summed E-state index contributed by atoms with van der Waals surface area (Å²) in [4.78, 5) is 26.4. The molecule has 1 fully saturated rings. The molecule has 0 heterocycles. The molecule has 2 rings (SSSR count). The van der Waals surface area contributed by atoms with Crippen LogP contribution in [0.1, 0.15) is 52.9 Å². The quantitative estimate of drug-likeness (QED) is 0.241. The molecule has 2 amide bonds. The molecule has 3 atom stereocenters. The average molecular weight is 528 g/mol. The van der Waals surface area contributed by atoms with E-state index < -0.39 is 45.1 Å². The third-order valence-electron chi connectivity index (χ3n) is 7.10. The first-order valence-electron chi connectivity index (χ1n) is 12.3. The highest BCUT2D eigenvalue weighted by Crippen LogP contribution is 2.34. The molecule has 1 aliphatic rings. The molecule has 11 heteroatoms. The highest BCUT2D eigenvalue weighted by molar-refractivity contribution is 7.89. The van der Waals surface area contributed by atoms with Gasteiger partial charge in [-0.3, -0.25) is 14.8 Å². The molecule has 0 bridgehead atoms. The summed E-state index contributed by atoms with van der Waals surface area (Å²) in [6.07, 6.45) is 4.27. The van der Waals surface area contributed by atoms with Crippen LogP contribution in [-0.2, 0) is 19.6 Å². The van der Waals surface area contributed by atoms with Crippen LogP contribution in [0.2, 0.25) is 0 Å². The Hall–Kier alpha value is -2.21. The minimum Gasteiger partial charge on any atom is -0.497 e. The van der Waals surface area contributed by atoms with Gasteiger partial charge in [-0.25, -0.2) is 18.2 Å². The summed E-state index contributed by atoms with van der Waals surface area (Å²) < 4.78 is 32.6. The molecule has 0 unspecified atom stereocenters. The maximum Gasteiger partial charge on any atom is 0.248 e. The van der Waals surface area contributed by atoms with Crippen molar-refractivity contribution >= 4 is 21.8 Å². The van der Waals surface area contributed by atoms with Crippen LogP contribution >= 0.6 is 0 Å². The van der Waals surface area contributed by atoms with Gasteiger partial charge >= 0.3 is 0 Å². The van der Waals surface area contributed by atoms with Crippen LogP contribution in [0, 0.1) is 23.2 Å². The summed E-state index contributed by atoms with van der Waals surface area (Å²) in [5.41, 5.74) is 1.19. The highest BCUT2D eigenvalue weighted by atomic mass is 32.2. The van der Waals surface area contributed by atoms with Crippen molar-refractivity contribution in [3.8, 4) is 5.75 Å². The lowest BCUT2D eigenvalue weighted by Crippen LogP contribution is -2.52. The molecular formula is C25H41N3O7S. The first-order chi connectivity index (χ1) is 16.8. The van der Waals surface area contributed by atoms with E-state index >= 15 is 0 Å². The Bertz CT molecular complexity index is 970. The van der Waals surface area contributed by atoms with E-state index in [0.717, 1.165) is 30.0 Å². The van der Waals surface area contributed by atoms with Crippen LogP contribution in [0.3, 0.4) is 0 Å². The maximum atomic E-state index is 13.5. The van der Waals surface area contributed by atoms with Gasteiger partial charge in [-0.05, 0) is 42.0 Å². The molecule has 4 N–H and O–H groups in total. The minimum absolute atomic E-state index is 0.0128. The van der Waals surface area contributed by atoms with Crippen molar-refractivity contribution in [3.63, 3.8) is 0 Å². The van der Waals surface area contributed by atoms with Gasteiger partial charge in [0.05, 0.1) is 36.5 Å². The molecule has 0 radical (unpaired) electrons. The maximum absolute atomic E-state index is 13.5. The number of hydroxylamine groups is 1. The number of aliphatic hydroxyl groups is 1. The van der Waals surface area contributed by atoms with E-state index in [2.05, 4.69) is 5.32 Å². The van der Waals surface area contributed by atoms with Crippen molar-refractivity contribution in [2.75, 3.05) is 27.3 Å². The van der Waals surface area contributed by atoms with E-state index in [0.29, 0.717) is 12.2 Å². The number of hydrogen-bond donors (Lipinski definition) is 4. The first kappa shape index (κ1) is 30.0. The molecule has 1 aromatic carbocycles. The fourth-order valence-corrected chi connectivity index (χ4v) is 5.85. The minimum atomic E-state index is -3.99. The average Bonchev–Trinajstić information content (AvgIpc) is 3.36. The van der Waals surface area contributed by atoms with Gasteiger partial charge < -0.3 is 15.2 Å². The Morgan fingerprint density at radius 1 is 1.11 bits per heavy atom. The summed E-state index contributed by atoms with van der Waals surface area (Å²) in [6, 6.07) is 5.30. The number of carbonyl (C=O) groups is 2. The van der Waals surface area contributed by atoms with E-state index in [1.54, 1.807) is 5.48 Å². The van der Waals surface area contributed by atoms with Gasteiger partial charge in [0.2, 0.25) is 21.8 Å². The summed E-state index contributed by atoms with van der Waals surface area (Å²) in [7, 11) is -1.18. The summed E-state index contributed by atoms with van der Waals surface area (Å²) >= 11 is 0. The van der Waals surface area contributed by atoms with Gasteiger partial charge in [-0.15, -0.1) is 0 Å². The fraction of sp³-hybridized carbons (Fsp3) is 0.680. The molecular weight excluding hydrogens is 486 g/mol. The number of benzene rings is 1. The molecule has 1 saturated carbocycles. The van der Waals surface area contributed by atoms with Crippen molar-refractivity contribution in [1.82, 2.24) is 15.1 Å². The Labute approximate surface area is 214 Å². The van der Waals surface area contributed by atoms with Crippen LogP contribution in [-0.4, -0.2) is 68.2 Å². The SMILES string of the molecule is COc1ccc(S(=O)(=O)N(C)C[C@H](C(=O)NO)[C@@H](CC2CCCC2)C(=O)N[C@H](CO)C(C)(C)C)cc1. The monoisotopic (exact) mass is 527 g/mol. The second kappa shape index (κ2) is 12.8. The number of aliphatic hydroxyl groups excluding tert-OH is 1. The van der Waals surface area contributed by atoms with Crippen LogP contribution in [0.15, 0.2) is 29.2 Å². The van der Waals surface area contributed by atoms with Gasteiger partial charge in [0.15, 0.2) is 0 Å². The van der Waals surface area contributed by atoms with Gasteiger partial charge in [-0.1, -0.05) is 46.5 Å². The molecule has 0 aliphatic heterocycles. The third kappa shape index (κ3) is 7.64. The predicted molar refractivity (Wildman–Crippen MR) is 135 cm³/mol. The number of rotatable bonds is 12. The zero-order valence-electron chi connectivity index (χ0n) is 21.9. The summed E-state index contributed by atoms with van der Waals surface area (Å²) in [5.74, 6) is -2.61. The lowest BCUT2D eigenvalue weighted by Gasteiger charge is -2.34. The van der Waals surface area contributed by atoms with E-state index in [9.17, 15) is 28.3 Å². The van der Waals surface area contributed by atoms with Gasteiger partial charge in [0.1, 0.15) is 5.75 Å². The number of methoxy groups -OCH3 is 1. The number of ether oxygens (including phenoxy) is 1. The normalized spacial score (nSPS) is 17.4. The van der Waals surface area contributed by atoms with Crippen molar-refractivity contribution in [2.45, 2.75) is 63.8 Å². The Morgan fingerprint density at radius 2 is 1.69 bits per heavy atom.